The molecule has 120 valence electrons. The number of nitrogens with one attached hydrogen (secondary N) is 1. The summed E-state index contributed by atoms with van der Waals surface area (Å²) < 4.78 is 51.4. The van der Waals surface area contributed by atoms with E-state index in [9.17, 15) is 17.6 Å². The number of benzene rings is 1. The minimum atomic E-state index is -4.27. The second-order valence-electron chi connectivity index (χ2n) is 5.03. The van der Waals surface area contributed by atoms with Crippen LogP contribution in [0.4, 0.5) is 17.6 Å². The lowest BCUT2D eigenvalue weighted by atomic mass is 10.1. The molecule has 1 N–H and O–H groups in total. The lowest BCUT2D eigenvalue weighted by Gasteiger charge is -2.23. The predicted molar refractivity (Wildman–Crippen MR) is 75.4 cm³/mol. The summed E-state index contributed by atoms with van der Waals surface area (Å²) in [6.07, 6.45) is -3.68. The number of hydrogen-bond donors (Lipinski definition) is 1. The van der Waals surface area contributed by atoms with Gasteiger partial charge in [0.1, 0.15) is 5.82 Å². The van der Waals surface area contributed by atoms with Crippen LogP contribution in [-0.2, 0) is 13.1 Å². The molecule has 0 saturated carbocycles. The fourth-order valence-corrected chi connectivity index (χ4v) is 2.15. The summed E-state index contributed by atoms with van der Waals surface area (Å²) >= 11 is 0. The molecular weight excluding hydrogens is 284 g/mol. The van der Waals surface area contributed by atoms with Crippen molar-refractivity contribution in [1.82, 2.24) is 10.2 Å². The summed E-state index contributed by atoms with van der Waals surface area (Å²) in [6, 6.07) is 4.60. The van der Waals surface area contributed by atoms with E-state index in [2.05, 4.69) is 5.32 Å². The Bertz CT molecular complexity index is 432. The van der Waals surface area contributed by atoms with Crippen molar-refractivity contribution in [1.29, 1.82) is 0 Å². The summed E-state index contributed by atoms with van der Waals surface area (Å²) in [5.41, 5.74) is 1.18. The summed E-state index contributed by atoms with van der Waals surface area (Å²) in [5.74, 6) is -0.460. The molecule has 1 aromatic rings. The largest absolute Gasteiger partial charge is 0.401 e. The highest BCUT2D eigenvalue weighted by atomic mass is 19.4. The zero-order valence-electron chi connectivity index (χ0n) is 12.4. The second-order valence-corrected chi connectivity index (χ2v) is 5.03. The van der Waals surface area contributed by atoms with Crippen LogP contribution in [0, 0.1) is 5.82 Å². The maximum absolute atomic E-state index is 13.8. The molecule has 0 atom stereocenters. The van der Waals surface area contributed by atoms with Gasteiger partial charge in [-0.05, 0) is 31.1 Å². The van der Waals surface area contributed by atoms with Gasteiger partial charge in [-0.15, -0.1) is 0 Å². The first kappa shape index (κ1) is 17.9. The molecule has 0 spiro atoms. The van der Waals surface area contributed by atoms with E-state index >= 15 is 0 Å². The molecule has 2 nitrogen and oxygen atoms in total. The molecule has 0 amide bonds. The average Bonchev–Trinajstić information content (AvgIpc) is 2.38. The maximum Gasteiger partial charge on any atom is 0.401 e. The third-order valence-electron chi connectivity index (χ3n) is 3.03. The minimum Gasteiger partial charge on any atom is -0.313 e. The second kappa shape index (κ2) is 8.34. The van der Waals surface area contributed by atoms with Crippen LogP contribution in [0.15, 0.2) is 18.2 Å². The van der Waals surface area contributed by atoms with Crippen LogP contribution in [-0.4, -0.2) is 30.7 Å². The van der Waals surface area contributed by atoms with Gasteiger partial charge in [0.25, 0.3) is 0 Å². The van der Waals surface area contributed by atoms with Crippen LogP contribution in [0.3, 0.4) is 0 Å². The Hall–Kier alpha value is -1.14. The third-order valence-corrected chi connectivity index (χ3v) is 3.03. The van der Waals surface area contributed by atoms with Crippen LogP contribution < -0.4 is 5.32 Å². The first-order valence-corrected chi connectivity index (χ1v) is 7.12. The zero-order chi connectivity index (χ0) is 15.9. The molecule has 0 fully saturated rings. The third kappa shape index (κ3) is 6.91. The summed E-state index contributed by atoms with van der Waals surface area (Å²) in [7, 11) is 0. The number of hydrogen-bond acceptors (Lipinski definition) is 2. The van der Waals surface area contributed by atoms with Crippen LogP contribution >= 0.6 is 0 Å². The SMILES string of the molecule is CCCN(Cc1cc(CNCC)ccc1F)CC(F)(F)F. The van der Waals surface area contributed by atoms with E-state index in [1.165, 1.54) is 11.0 Å². The van der Waals surface area contributed by atoms with Crippen LogP contribution in [0.2, 0.25) is 0 Å². The first-order valence-electron chi connectivity index (χ1n) is 7.12. The van der Waals surface area contributed by atoms with Gasteiger partial charge in [0, 0.05) is 18.7 Å². The molecule has 0 aromatic heterocycles. The Morgan fingerprint density at radius 1 is 1.19 bits per heavy atom. The molecule has 21 heavy (non-hydrogen) atoms. The van der Waals surface area contributed by atoms with Gasteiger partial charge < -0.3 is 5.32 Å². The van der Waals surface area contributed by atoms with Crippen LogP contribution in [0.25, 0.3) is 0 Å². The predicted octanol–water partition coefficient (Wildman–Crippen LogP) is 3.71. The Morgan fingerprint density at radius 3 is 2.48 bits per heavy atom. The number of nitrogens with zero attached hydrogens (tertiary/aromatic N) is 1. The van der Waals surface area contributed by atoms with E-state index in [0.717, 1.165) is 12.1 Å². The van der Waals surface area contributed by atoms with E-state index in [1.807, 2.05) is 6.92 Å². The molecule has 1 aromatic carbocycles. The van der Waals surface area contributed by atoms with E-state index in [0.29, 0.717) is 18.5 Å². The lowest BCUT2D eigenvalue weighted by Crippen LogP contribution is -2.34. The lowest BCUT2D eigenvalue weighted by molar-refractivity contribution is -0.147. The number of rotatable bonds is 8. The van der Waals surface area contributed by atoms with Crippen molar-refractivity contribution < 1.29 is 17.6 Å². The summed E-state index contributed by atoms with van der Waals surface area (Å²) in [6.45, 7) is 4.37. The molecule has 0 heterocycles. The van der Waals surface area contributed by atoms with Gasteiger partial charge in [-0.25, -0.2) is 4.39 Å². The normalized spacial score (nSPS) is 12.1. The molecule has 0 aliphatic rings. The van der Waals surface area contributed by atoms with Gasteiger partial charge in [-0.3, -0.25) is 4.90 Å². The van der Waals surface area contributed by atoms with Crippen molar-refractivity contribution in [2.45, 2.75) is 39.5 Å². The van der Waals surface area contributed by atoms with Crippen molar-refractivity contribution in [3.63, 3.8) is 0 Å². The molecule has 0 aliphatic heterocycles. The van der Waals surface area contributed by atoms with E-state index in [-0.39, 0.29) is 13.1 Å². The van der Waals surface area contributed by atoms with Gasteiger partial charge in [0.2, 0.25) is 0 Å². The van der Waals surface area contributed by atoms with Crippen molar-refractivity contribution >= 4 is 0 Å². The van der Waals surface area contributed by atoms with Crippen molar-refractivity contribution in [3.8, 4) is 0 Å². The highest BCUT2D eigenvalue weighted by Crippen LogP contribution is 2.20. The van der Waals surface area contributed by atoms with Crippen LogP contribution in [0.1, 0.15) is 31.4 Å². The summed E-state index contributed by atoms with van der Waals surface area (Å²) in [5, 5.41) is 3.11. The summed E-state index contributed by atoms with van der Waals surface area (Å²) in [4.78, 5) is 1.23. The fraction of sp³-hybridized carbons (Fsp3) is 0.600. The molecular formula is C15H22F4N2. The maximum atomic E-state index is 13.8. The van der Waals surface area contributed by atoms with E-state index < -0.39 is 18.5 Å². The first-order chi connectivity index (χ1) is 9.85. The zero-order valence-corrected chi connectivity index (χ0v) is 12.4. The molecule has 1 rings (SSSR count). The molecule has 0 radical (unpaired) electrons. The highest BCUT2D eigenvalue weighted by Gasteiger charge is 2.30. The van der Waals surface area contributed by atoms with Crippen molar-refractivity contribution in [2.24, 2.45) is 0 Å². The Labute approximate surface area is 123 Å². The molecule has 0 unspecified atom stereocenters. The monoisotopic (exact) mass is 306 g/mol. The van der Waals surface area contributed by atoms with Gasteiger partial charge in [0.05, 0.1) is 6.54 Å². The van der Waals surface area contributed by atoms with Crippen molar-refractivity contribution in [2.75, 3.05) is 19.6 Å². The Morgan fingerprint density at radius 2 is 1.90 bits per heavy atom. The average molecular weight is 306 g/mol. The Balaban J connectivity index is 2.81. The Kier molecular flexibility index (Phi) is 7.11. The van der Waals surface area contributed by atoms with Gasteiger partial charge in [0.15, 0.2) is 0 Å². The number of alkyl halides is 3. The molecule has 0 aliphatic carbocycles. The van der Waals surface area contributed by atoms with Crippen molar-refractivity contribution in [3.05, 3.63) is 35.1 Å². The minimum absolute atomic E-state index is 0.0286. The molecule has 0 bridgehead atoms. The fourth-order valence-electron chi connectivity index (χ4n) is 2.15. The quantitative estimate of drug-likeness (QED) is 0.737. The topological polar surface area (TPSA) is 15.3 Å². The van der Waals surface area contributed by atoms with E-state index in [1.54, 1.807) is 19.1 Å². The standard InChI is InChI=1S/C15H22F4N2/c1-3-7-21(11-15(17,18)19)10-13-8-12(9-20-4-2)5-6-14(13)16/h5-6,8,20H,3-4,7,9-11H2,1-2H3. The van der Waals surface area contributed by atoms with Gasteiger partial charge in [-0.1, -0.05) is 26.0 Å². The van der Waals surface area contributed by atoms with E-state index in [4.69, 9.17) is 0 Å². The smallest absolute Gasteiger partial charge is 0.313 e. The number of halogens is 4. The molecule has 6 heteroatoms. The molecule has 0 saturated heterocycles. The van der Waals surface area contributed by atoms with Gasteiger partial charge in [-0.2, -0.15) is 13.2 Å². The van der Waals surface area contributed by atoms with Crippen LogP contribution in [0.5, 0.6) is 0 Å². The highest BCUT2D eigenvalue weighted by molar-refractivity contribution is 5.25. The van der Waals surface area contributed by atoms with Gasteiger partial charge >= 0.3 is 6.18 Å².